The molecular formula is C9H13FO. The molecule has 1 nitrogen and oxygen atoms in total. The van der Waals surface area contributed by atoms with Crippen molar-refractivity contribution in [3.05, 3.63) is 23.8 Å². The molecule has 0 N–H and O–H groups in total. The van der Waals surface area contributed by atoms with Crippen LogP contribution in [0.15, 0.2) is 23.8 Å². The maximum atomic E-state index is 12.6. The number of allylic oxidation sites excluding steroid dienone is 4. The summed E-state index contributed by atoms with van der Waals surface area (Å²) in [6, 6.07) is 0. The first-order valence-electron chi connectivity index (χ1n) is 3.57. The van der Waals surface area contributed by atoms with Gasteiger partial charge in [-0.05, 0) is 32.4 Å². The highest BCUT2D eigenvalue weighted by molar-refractivity contribution is 5.88. The van der Waals surface area contributed by atoms with Gasteiger partial charge in [-0.1, -0.05) is 12.2 Å². The van der Waals surface area contributed by atoms with E-state index in [0.29, 0.717) is 5.57 Å². The van der Waals surface area contributed by atoms with E-state index in [9.17, 15) is 9.18 Å². The number of rotatable bonds is 3. The van der Waals surface area contributed by atoms with Crippen LogP contribution in [0.25, 0.3) is 0 Å². The molecule has 0 heterocycles. The van der Waals surface area contributed by atoms with E-state index in [1.807, 2.05) is 0 Å². The van der Waals surface area contributed by atoms with Crippen LogP contribution < -0.4 is 0 Å². The average molecular weight is 156 g/mol. The highest BCUT2D eigenvalue weighted by atomic mass is 19.1. The largest absolute Gasteiger partial charge is 0.295 e. The van der Waals surface area contributed by atoms with Gasteiger partial charge < -0.3 is 0 Å². The SMILES string of the molecule is CC=C/C(=C\C(C)=O)C(C)F. The van der Waals surface area contributed by atoms with Gasteiger partial charge in [-0.3, -0.25) is 4.79 Å². The van der Waals surface area contributed by atoms with E-state index in [-0.39, 0.29) is 5.78 Å². The molecule has 0 rings (SSSR count). The Morgan fingerprint density at radius 1 is 1.55 bits per heavy atom. The molecule has 0 bridgehead atoms. The second-order valence-corrected chi connectivity index (χ2v) is 2.37. The van der Waals surface area contributed by atoms with Crippen molar-refractivity contribution in [3.8, 4) is 0 Å². The van der Waals surface area contributed by atoms with Crippen molar-refractivity contribution in [1.29, 1.82) is 0 Å². The third kappa shape index (κ3) is 4.48. The summed E-state index contributed by atoms with van der Waals surface area (Å²) in [5, 5.41) is 0. The highest BCUT2D eigenvalue weighted by Gasteiger charge is 2.02. The van der Waals surface area contributed by atoms with Crippen LogP contribution in [0.4, 0.5) is 4.39 Å². The first-order chi connectivity index (χ1) is 5.07. The van der Waals surface area contributed by atoms with Crippen LogP contribution in [0.3, 0.4) is 0 Å². The molecule has 11 heavy (non-hydrogen) atoms. The van der Waals surface area contributed by atoms with Gasteiger partial charge in [0.2, 0.25) is 0 Å². The van der Waals surface area contributed by atoms with Crippen LogP contribution in [0, 0.1) is 0 Å². The molecular weight excluding hydrogens is 143 g/mol. The van der Waals surface area contributed by atoms with Gasteiger partial charge in [0.05, 0.1) is 0 Å². The highest BCUT2D eigenvalue weighted by Crippen LogP contribution is 2.07. The Hall–Kier alpha value is -0.920. The van der Waals surface area contributed by atoms with E-state index in [4.69, 9.17) is 0 Å². The Kier molecular flexibility index (Phi) is 4.42. The van der Waals surface area contributed by atoms with E-state index in [1.165, 1.54) is 19.9 Å². The number of ketones is 1. The summed E-state index contributed by atoms with van der Waals surface area (Å²) in [6.07, 6.45) is 3.55. The number of carbonyl (C=O) groups excluding carboxylic acids is 1. The van der Waals surface area contributed by atoms with Gasteiger partial charge in [0, 0.05) is 0 Å². The zero-order valence-electron chi connectivity index (χ0n) is 7.10. The van der Waals surface area contributed by atoms with Crippen LogP contribution in [0.2, 0.25) is 0 Å². The third-order valence-corrected chi connectivity index (χ3v) is 1.19. The Morgan fingerprint density at radius 3 is 2.36 bits per heavy atom. The summed E-state index contributed by atoms with van der Waals surface area (Å²) in [7, 11) is 0. The molecule has 2 heteroatoms. The Labute approximate surface area is 66.6 Å². The fourth-order valence-corrected chi connectivity index (χ4v) is 0.723. The fourth-order valence-electron chi connectivity index (χ4n) is 0.723. The summed E-state index contributed by atoms with van der Waals surface area (Å²) >= 11 is 0. The van der Waals surface area contributed by atoms with Crippen molar-refractivity contribution < 1.29 is 9.18 Å². The number of hydrogen-bond donors (Lipinski definition) is 0. The lowest BCUT2D eigenvalue weighted by molar-refractivity contribution is -0.112. The van der Waals surface area contributed by atoms with Crippen LogP contribution in [0.5, 0.6) is 0 Å². The molecule has 0 spiro atoms. The van der Waals surface area contributed by atoms with E-state index in [0.717, 1.165) is 0 Å². The Bertz CT molecular complexity index is 190. The minimum atomic E-state index is -1.07. The van der Waals surface area contributed by atoms with Gasteiger partial charge in [0.15, 0.2) is 5.78 Å². The molecule has 0 saturated heterocycles. The van der Waals surface area contributed by atoms with Crippen molar-refractivity contribution in [2.24, 2.45) is 0 Å². The maximum absolute atomic E-state index is 12.6. The zero-order valence-corrected chi connectivity index (χ0v) is 7.10. The number of hydrogen-bond acceptors (Lipinski definition) is 1. The molecule has 0 aliphatic carbocycles. The molecule has 0 aromatic heterocycles. The van der Waals surface area contributed by atoms with E-state index < -0.39 is 6.17 Å². The predicted octanol–water partition coefficient (Wildman–Crippen LogP) is 2.44. The summed E-state index contributed by atoms with van der Waals surface area (Å²) in [5.74, 6) is -0.123. The lowest BCUT2D eigenvalue weighted by Gasteiger charge is -2.00. The molecule has 0 aliphatic rings. The van der Waals surface area contributed by atoms with Gasteiger partial charge in [0.1, 0.15) is 6.17 Å². The Balaban J connectivity index is 4.46. The van der Waals surface area contributed by atoms with Gasteiger partial charge in [-0.25, -0.2) is 4.39 Å². The van der Waals surface area contributed by atoms with Crippen molar-refractivity contribution in [2.75, 3.05) is 0 Å². The van der Waals surface area contributed by atoms with Crippen molar-refractivity contribution in [2.45, 2.75) is 26.9 Å². The molecule has 62 valence electrons. The molecule has 0 radical (unpaired) electrons. The van der Waals surface area contributed by atoms with Crippen LogP contribution in [-0.2, 0) is 4.79 Å². The second kappa shape index (κ2) is 4.83. The lowest BCUT2D eigenvalue weighted by Crippen LogP contribution is -1.98. The van der Waals surface area contributed by atoms with Crippen LogP contribution in [-0.4, -0.2) is 12.0 Å². The second-order valence-electron chi connectivity index (χ2n) is 2.37. The topological polar surface area (TPSA) is 17.1 Å². The summed E-state index contributed by atoms with van der Waals surface area (Å²) in [6.45, 7) is 4.61. The molecule has 0 aromatic rings. The third-order valence-electron chi connectivity index (χ3n) is 1.19. The van der Waals surface area contributed by atoms with Crippen LogP contribution >= 0.6 is 0 Å². The van der Waals surface area contributed by atoms with Crippen molar-refractivity contribution in [1.82, 2.24) is 0 Å². The number of alkyl halides is 1. The van der Waals surface area contributed by atoms with Gasteiger partial charge in [-0.15, -0.1) is 0 Å². The van der Waals surface area contributed by atoms with E-state index >= 15 is 0 Å². The Morgan fingerprint density at radius 2 is 2.09 bits per heavy atom. The standard InChI is InChI=1S/C9H13FO/c1-4-5-9(8(3)10)6-7(2)11/h4-6,8H,1-3H3/b5-4?,9-6+. The van der Waals surface area contributed by atoms with E-state index in [2.05, 4.69) is 0 Å². The first-order valence-corrected chi connectivity index (χ1v) is 3.57. The predicted molar refractivity (Wildman–Crippen MR) is 44.1 cm³/mol. The number of halogens is 1. The maximum Gasteiger partial charge on any atom is 0.152 e. The molecule has 0 aliphatic heterocycles. The molecule has 1 atom stereocenters. The minimum absolute atomic E-state index is 0.123. The number of carbonyl (C=O) groups is 1. The van der Waals surface area contributed by atoms with Gasteiger partial charge in [-0.2, -0.15) is 0 Å². The first kappa shape index (κ1) is 10.1. The monoisotopic (exact) mass is 156 g/mol. The minimum Gasteiger partial charge on any atom is -0.295 e. The summed E-state index contributed by atoms with van der Waals surface area (Å²) in [5.41, 5.74) is 0.431. The van der Waals surface area contributed by atoms with Crippen LogP contribution in [0.1, 0.15) is 20.8 Å². The lowest BCUT2D eigenvalue weighted by atomic mass is 10.1. The molecule has 1 unspecified atom stereocenters. The normalized spacial score (nSPS) is 15.5. The smallest absolute Gasteiger partial charge is 0.152 e. The summed E-state index contributed by atoms with van der Waals surface area (Å²) < 4.78 is 12.6. The van der Waals surface area contributed by atoms with Gasteiger partial charge in [0.25, 0.3) is 0 Å². The molecule has 0 fully saturated rings. The molecule has 0 amide bonds. The zero-order chi connectivity index (χ0) is 8.85. The van der Waals surface area contributed by atoms with Gasteiger partial charge >= 0.3 is 0 Å². The average Bonchev–Trinajstić information content (AvgIpc) is 1.86. The summed E-state index contributed by atoms with van der Waals surface area (Å²) in [4.78, 5) is 10.6. The fraction of sp³-hybridized carbons (Fsp3) is 0.444. The quantitative estimate of drug-likeness (QED) is 0.453. The molecule has 0 saturated carbocycles. The molecule has 0 aromatic carbocycles. The van der Waals surface area contributed by atoms with E-state index in [1.54, 1.807) is 19.1 Å². The van der Waals surface area contributed by atoms with Crippen molar-refractivity contribution >= 4 is 5.78 Å². The van der Waals surface area contributed by atoms with Crippen molar-refractivity contribution in [3.63, 3.8) is 0 Å².